The van der Waals surface area contributed by atoms with Crippen LogP contribution >= 0.6 is 0 Å². The molecule has 0 saturated carbocycles. The molecule has 0 aliphatic heterocycles. The van der Waals surface area contributed by atoms with Crippen LogP contribution in [0.1, 0.15) is 10.5 Å². The molecule has 0 spiro atoms. The van der Waals surface area contributed by atoms with Crippen molar-refractivity contribution >= 4 is 11.6 Å². The second-order valence-corrected chi connectivity index (χ2v) is 4.68. The number of hydrogen-bond donors (Lipinski definition) is 1. The highest BCUT2D eigenvalue weighted by Gasteiger charge is 2.10. The number of hydrogen-bond acceptors (Lipinski definition) is 3. The molecular formula is C17H15N3O2. The second-order valence-electron chi connectivity index (χ2n) is 4.68. The van der Waals surface area contributed by atoms with E-state index < -0.39 is 0 Å². The van der Waals surface area contributed by atoms with Gasteiger partial charge in [-0.15, -0.1) is 0 Å². The van der Waals surface area contributed by atoms with Gasteiger partial charge in [0.25, 0.3) is 5.91 Å². The quantitative estimate of drug-likeness (QED) is 0.804. The second kappa shape index (κ2) is 6.13. The van der Waals surface area contributed by atoms with Crippen molar-refractivity contribution in [2.45, 2.75) is 0 Å². The van der Waals surface area contributed by atoms with Gasteiger partial charge in [0, 0.05) is 17.6 Å². The fourth-order valence-electron chi connectivity index (χ4n) is 2.05. The highest BCUT2D eigenvalue weighted by atomic mass is 16.5. The van der Waals surface area contributed by atoms with E-state index in [1.165, 1.54) is 0 Å². The Labute approximate surface area is 128 Å². The number of ether oxygens (including phenoxy) is 1. The predicted octanol–water partition coefficient (Wildman–Crippen LogP) is 3.13. The third-order valence-corrected chi connectivity index (χ3v) is 3.22. The maximum Gasteiger partial charge on any atom is 0.275 e. The number of benzene rings is 2. The van der Waals surface area contributed by atoms with Crippen LogP contribution < -0.4 is 10.1 Å². The summed E-state index contributed by atoms with van der Waals surface area (Å²) in [5.74, 6) is 0.546. The fraction of sp³-hybridized carbons (Fsp3) is 0.0588. The highest BCUT2D eigenvalue weighted by Crippen LogP contribution is 2.15. The average Bonchev–Trinajstić information content (AvgIpc) is 3.06. The lowest BCUT2D eigenvalue weighted by Crippen LogP contribution is -2.12. The van der Waals surface area contributed by atoms with Gasteiger partial charge in [0.15, 0.2) is 0 Å². The molecule has 0 unspecified atom stereocenters. The minimum Gasteiger partial charge on any atom is -0.497 e. The van der Waals surface area contributed by atoms with Crippen molar-refractivity contribution in [1.82, 2.24) is 9.55 Å². The molecule has 5 heteroatoms. The van der Waals surface area contributed by atoms with E-state index in [9.17, 15) is 4.79 Å². The molecule has 1 aromatic heterocycles. The van der Waals surface area contributed by atoms with Crippen LogP contribution in [0.25, 0.3) is 5.69 Å². The molecule has 1 heterocycles. The normalized spacial score (nSPS) is 10.2. The third kappa shape index (κ3) is 2.98. The first-order valence-corrected chi connectivity index (χ1v) is 6.81. The van der Waals surface area contributed by atoms with Crippen molar-refractivity contribution in [2.75, 3.05) is 12.4 Å². The van der Waals surface area contributed by atoms with Gasteiger partial charge in [-0.25, -0.2) is 4.98 Å². The largest absolute Gasteiger partial charge is 0.497 e. The Bertz CT molecular complexity index is 764. The number of carbonyl (C=O) groups excluding carboxylic acids is 1. The van der Waals surface area contributed by atoms with Crippen LogP contribution in [0.5, 0.6) is 5.75 Å². The summed E-state index contributed by atoms with van der Waals surface area (Å²) in [4.78, 5) is 16.3. The number of aromatic nitrogens is 2. The molecule has 1 N–H and O–H groups in total. The van der Waals surface area contributed by atoms with Gasteiger partial charge in [0.05, 0.1) is 7.11 Å². The lowest BCUT2D eigenvalue weighted by Gasteiger charge is -2.04. The lowest BCUT2D eigenvalue weighted by molar-refractivity contribution is 0.102. The topological polar surface area (TPSA) is 56.2 Å². The van der Waals surface area contributed by atoms with Crippen LogP contribution in [0.4, 0.5) is 5.69 Å². The molecule has 0 bridgehead atoms. The van der Waals surface area contributed by atoms with Crippen molar-refractivity contribution in [1.29, 1.82) is 0 Å². The van der Waals surface area contributed by atoms with Crippen molar-refractivity contribution in [3.8, 4) is 11.4 Å². The highest BCUT2D eigenvalue weighted by molar-refractivity contribution is 6.02. The number of para-hydroxylation sites is 1. The fourth-order valence-corrected chi connectivity index (χ4v) is 2.05. The first-order valence-electron chi connectivity index (χ1n) is 6.81. The van der Waals surface area contributed by atoms with Gasteiger partial charge >= 0.3 is 0 Å². The van der Waals surface area contributed by atoms with E-state index in [1.54, 1.807) is 24.2 Å². The molecule has 0 aliphatic carbocycles. The van der Waals surface area contributed by atoms with Crippen LogP contribution in [-0.2, 0) is 0 Å². The van der Waals surface area contributed by atoms with Crippen LogP contribution in [0, 0.1) is 0 Å². The van der Waals surface area contributed by atoms with E-state index in [4.69, 9.17) is 4.74 Å². The van der Waals surface area contributed by atoms with Gasteiger partial charge in [-0.3, -0.25) is 4.79 Å². The van der Waals surface area contributed by atoms with Gasteiger partial charge in [-0.1, -0.05) is 18.2 Å². The molecule has 0 atom stereocenters. The van der Waals surface area contributed by atoms with Gasteiger partial charge in [0.2, 0.25) is 0 Å². The van der Waals surface area contributed by atoms with E-state index in [0.29, 0.717) is 5.69 Å². The van der Waals surface area contributed by atoms with Gasteiger partial charge < -0.3 is 14.6 Å². The molecular weight excluding hydrogens is 278 g/mol. The van der Waals surface area contributed by atoms with Crippen molar-refractivity contribution in [3.05, 3.63) is 72.8 Å². The van der Waals surface area contributed by atoms with Crippen LogP contribution in [0.3, 0.4) is 0 Å². The average molecular weight is 293 g/mol. The zero-order chi connectivity index (χ0) is 15.4. The predicted molar refractivity (Wildman–Crippen MR) is 84.5 cm³/mol. The first kappa shape index (κ1) is 13.9. The minimum atomic E-state index is -0.238. The number of amides is 1. The number of anilines is 1. The molecule has 3 rings (SSSR count). The van der Waals surface area contributed by atoms with E-state index in [2.05, 4.69) is 10.3 Å². The monoisotopic (exact) mass is 293 g/mol. The van der Waals surface area contributed by atoms with E-state index in [0.717, 1.165) is 17.1 Å². The molecule has 0 aliphatic rings. The molecule has 5 nitrogen and oxygen atoms in total. The van der Waals surface area contributed by atoms with Crippen LogP contribution in [0.15, 0.2) is 67.1 Å². The lowest BCUT2D eigenvalue weighted by atomic mass is 10.3. The Morgan fingerprint density at radius 2 is 1.82 bits per heavy atom. The summed E-state index contributed by atoms with van der Waals surface area (Å²) in [5.41, 5.74) is 2.01. The zero-order valence-corrected chi connectivity index (χ0v) is 12.1. The molecule has 1 amide bonds. The van der Waals surface area contributed by atoms with Crippen LogP contribution in [-0.4, -0.2) is 22.6 Å². The van der Waals surface area contributed by atoms with Crippen molar-refractivity contribution in [2.24, 2.45) is 0 Å². The van der Waals surface area contributed by atoms with Gasteiger partial charge in [-0.05, 0) is 36.4 Å². The summed E-state index contributed by atoms with van der Waals surface area (Å²) >= 11 is 0. The Morgan fingerprint density at radius 3 is 2.50 bits per heavy atom. The maximum absolute atomic E-state index is 12.2. The number of rotatable bonds is 4. The van der Waals surface area contributed by atoms with Crippen LogP contribution in [0.2, 0.25) is 0 Å². The third-order valence-electron chi connectivity index (χ3n) is 3.22. The smallest absolute Gasteiger partial charge is 0.275 e. The molecule has 110 valence electrons. The molecule has 2 aromatic carbocycles. The summed E-state index contributed by atoms with van der Waals surface area (Å²) in [7, 11) is 1.62. The Kier molecular flexibility index (Phi) is 3.87. The van der Waals surface area contributed by atoms with E-state index >= 15 is 0 Å². The number of imidazole rings is 1. The van der Waals surface area contributed by atoms with Gasteiger partial charge in [-0.2, -0.15) is 0 Å². The summed E-state index contributed by atoms with van der Waals surface area (Å²) < 4.78 is 6.92. The number of nitrogens with zero attached hydrogens (tertiary/aromatic N) is 2. The van der Waals surface area contributed by atoms with Gasteiger partial charge in [0.1, 0.15) is 17.8 Å². The SMILES string of the molecule is COc1ccc(-n2cnc(C(=O)Nc3ccccc3)c2)cc1. The van der Waals surface area contributed by atoms with E-state index in [-0.39, 0.29) is 5.91 Å². The number of nitrogens with one attached hydrogen (secondary N) is 1. The first-order chi connectivity index (χ1) is 10.8. The Balaban J connectivity index is 1.76. The summed E-state index contributed by atoms with van der Waals surface area (Å²) in [6.45, 7) is 0. The Hall–Kier alpha value is -3.08. The molecule has 22 heavy (non-hydrogen) atoms. The molecule has 0 saturated heterocycles. The molecule has 0 radical (unpaired) electrons. The maximum atomic E-state index is 12.2. The standard InChI is InChI=1S/C17H15N3O2/c1-22-15-9-7-14(8-10-15)20-11-16(18-12-20)17(21)19-13-5-3-2-4-6-13/h2-12H,1H3,(H,19,21). The zero-order valence-electron chi connectivity index (χ0n) is 12.1. The molecule has 3 aromatic rings. The summed E-state index contributed by atoms with van der Waals surface area (Å²) in [6.07, 6.45) is 3.31. The number of methoxy groups -OCH3 is 1. The van der Waals surface area contributed by atoms with Crippen molar-refractivity contribution in [3.63, 3.8) is 0 Å². The summed E-state index contributed by atoms with van der Waals surface area (Å²) in [5, 5.41) is 2.81. The van der Waals surface area contributed by atoms with E-state index in [1.807, 2.05) is 54.6 Å². The summed E-state index contributed by atoms with van der Waals surface area (Å²) in [6, 6.07) is 16.8. The van der Waals surface area contributed by atoms with Crippen molar-refractivity contribution < 1.29 is 9.53 Å². The Morgan fingerprint density at radius 1 is 1.09 bits per heavy atom. The molecule has 0 fully saturated rings. The number of carbonyl (C=O) groups is 1. The minimum absolute atomic E-state index is 0.238.